The van der Waals surface area contributed by atoms with Crippen LogP contribution in [0.25, 0.3) is 0 Å². The summed E-state index contributed by atoms with van der Waals surface area (Å²) in [6.07, 6.45) is 0. The van der Waals surface area contributed by atoms with E-state index in [-0.39, 0.29) is 67.0 Å². The first-order valence-corrected chi connectivity index (χ1v) is 16.2. The van der Waals surface area contributed by atoms with Crippen LogP contribution in [0.4, 0.5) is 5.69 Å². The summed E-state index contributed by atoms with van der Waals surface area (Å²) in [6, 6.07) is 11.2. The highest BCUT2D eigenvalue weighted by Crippen LogP contribution is 2.41. The zero-order valence-electron chi connectivity index (χ0n) is 28.7. The number of hydrogen-bond acceptors (Lipinski definition) is 11. The number of carbonyl (C=O) groups excluding carboxylic acids is 3. The highest BCUT2D eigenvalue weighted by Gasteiger charge is 2.31. The van der Waals surface area contributed by atoms with Crippen molar-refractivity contribution in [1.82, 2.24) is 4.90 Å². The van der Waals surface area contributed by atoms with Crippen LogP contribution in [0.1, 0.15) is 70.1 Å². The van der Waals surface area contributed by atoms with Gasteiger partial charge in [-0.05, 0) is 69.6 Å². The van der Waals surface area contributed by atoms with Gasteiger partial charge in [-0.2, -0.15) is 0 Å². The molecule has 13 heteroatoms. The zero-order valence-corrected chi connectivity index (χ0v) is 30.4. The molecule has 0 amide bonds. The van der Waals surface area contributed by atoms with Crippen LogP contribution in [0.3, 0.4) is 0 Å². The number of nitrogens with one attached hydrogen (secondary N) is 1. The van der Waals surface area contributed by atoms with Crippen LogP contribution in [-0.4, -0.2) is 69.4 Å². The minimum Gasteiger partial charge on any atom is -0.494 e. The largest absolute Gasteiger partial charge is 0.494 e. The lowest BCUT2D eigenvalue weighted by atomic mass is 9.84. The molecule has 0 unspecified atom stereocenters. The monoisotopic (exact) mass is 751 g/mol. The van der Waals surface area contributed by atoms with Crippen LogP contribution >= 0.6 is 17.0 Å². The van der Waals surface area contributed by atoms with Crippen molar-refractivity contribution in [2.75, 3.05) is 44.9 Å². The Morgan fingerprint density at radius 2 is 1.48 bits per heavy atom. The maximum absolute atomic E-state index is 13.9. The van der Waals surface area contributed by atoms with Gasteiger partial charge in [0.1, 0.15) is 38.0 Å². The maximum atomic E-state index is 13.9. The normalized spacial score (nSPS) is 15.2. The number of ether oxygens (including phenoxy) is 6. The average molecular weight is 753 g/mol. The number of morpholine rings is 1. The molecule has 1 fully saturated rings. The first kappa shape index (κ1) is 36.7. The van der Waals surface area contributed by atoms with Gasteiger partial charge in [0.2, 0.25) is 0 Å². The summed E-state index contributed by atoms with van der Waals surface area (Å²) < 4.78 is 33.9. The number of rotatable bonds is 11. The van der Waals surface area contributed by atoms with Crippen LogP contribution < -0.4 is 19.1 Å². The predicted molar refractivity (Wildman–Crippen MR) is 190 cm³/mol. The lowest BCUT2D eigenvalue weighted by molar-refractivity contribution is -0.131. The number of amidine groups is 1. The summed E-state index contributed by atoms with van der Waals surface area (Å²) >= 11 is 0. The molecule has 0 aromatic heterocycles. The Morgan fingerprint density at radius 3 is 2.04 bits per heavy atom. The topological polar surface area (TPSA) is 137 Å². The van der Waals surface area contributed by atoms with Gasteiger partial charge in [-0.3, -0.25) is 19.8 Å². The number of anilines is 1. The van der Waals surface area contributed by atoms with E-state index in [1.165, 1.54) is 0 Å². The van der Waals surface area contributed by atoms with Gasteiger partial charge in [0.05, 0.1) is 32.6 Å². The molecule has 1 N–H and O–H groups in total. The van der Waals surface area contributed by atoms with Gasteiger partial charge in [0.15, 0.2) is 17.3 Å². The van der Waals surface area contributed by atoms with Crippen molar-refractivity contribution in [3.8, 4) is 17.2 Å². The van der Waals surface area contributed by atoms with Gasteiger partial charge in [0, 0.05) is 36.3 Å². The van der Waals surface area contributed by atoms with Crippen LogP contribution in [0, 0.1) is 5.41 Å². The molecule has 3 aliphatic rings. The molecular weight excluding hydrogens is 710 g/mol. The molecule has 3 aliphatic heterocycles. The lowest BCUT2D eigenvalue weighted by Gasteiger charge is -2.33. The number of hydrogen-bond donors (Lipinski definition) is 1. The van der Waals surface area contributed by atoms with Gasteiger partial charge in [-0.1, -0.05) is 20.8 Å². The van der Waals surface area contributed by atoms with E-state index < -0.39 is 0 Å². The SMILES string of the molecule is Br.COc1c(N2CCOCC2)cc(C(=O)CN2Cc3cc4c(cc3C2=N)OCc2cc(COC=O)c(COC=O)cc2CO4)cc1C(C)(C)C. The Bertz CT molecular complexity index is 1780. The molecule has 1 saturated heterocycles. The van der Waals surface area contributed by atoms with Crippen molar-refractivity contribution in [3.05, 3.63) is 80.9 Å². The molecule has 50 heavy (non-hydrogen) atoms. The van der Waals surface area contributed by atoms with Gasteiger partial charge in [0.25, 0.3) is 12.9 Å². The highest BCUT2D eigenvalue weighted by molar-refractivity contribution is 8.93. The number of benzene rings is 3. The molecule has 6 rings (SSSR count). The third-order valence-electron chi connectivity index (χ3n) is 9.09. The number of Topliss-reactive ketones (excluding diaryl/α,β-unsaturated/α-hetero) is 1. The van der Waals surface area contributed by atoms with Gasteiger partial charge < -0.3 is 38.2 Å². The summed E-state index contributed by atoms with van der Waals surface area (Å²) in [4.78, 5) is 39.6. The summed E-state index contributed by atoms with van der Waals surface area (Å²) in [5, 5.41) is 9.01. The minimum absolute atomic E-state index is 0. The third kappa shape index (κ3) is 7.58. The number of nitrogens with zero attached hydrogens (tertiary/aromatic N) is 2. The standard InChI is InChI=1S/C37H41N3O9.BrH/c1-37(2,3)30-11-23(12-31(35(30)44-4)39-5-7-45-8-6-39)32(43)16-40-15-24-13-33-34(14-29(24)36(40)38)49-20-28-10-26(18-47-22-42)25(17-46-21-41)9-27(28)19-48-33;/h9-14,21-22,38H,5-8,15-20H2,1-4H3;1H. The first-order valence-electron chi connectivity index (χ1n) is 16.2. The molecule has 0 spiro atoms. The molecule has 12 nitrogen and oxygen atoms in total. The Hall–Kier alpha value is -4.62. The number of fused-ring (bicyclic) bond motifs is 3. The Balaban J connectivity index is 0.00000486. The Labute approximate surface area is 301 Å². The van der Waals surface area contributed by atoms with E-state index in [4.69, 9.17) is 33.8 Å². The second kappa shape index (κ2) is 15.5. The number of methoxy groups -OCH3 is 1. The van der Waals surface area contributed by atoms with Crippen molar-refractivity contribution >= 4 is 47.2 Å². The highest BCUT2D eigenvalue weighted by atomic mass is 79.9. The Morgan fingerprint density at radius 1 is 0.880 bits per heavy atom. The quantitative estimate of drug-likeness (QED) is 0.203. The lowest BCUT2D eigenvalue weighted by Crippen LogP contribution is -2.37. The molecule has 0 radical (unpaired) electrons. The van der Waals surface area contributed by atoms with E-state index in [9.17, 15) is 14.4 Å². The van der Waals surface area contributed by atoms with Gasteiger partial charge >= 0.3 is 0 Å². The van der Waals surface area contributed by atoms with Crippen molar-refractivity contribution in [2.24, 2.45) is 0 Å². The molecule has 0 aliphatic carbocycles. The van der Waals surface area contributed by atoms with Crippen molar-refractivity contribution in [3.63, 3.8) is 0 Å². The van der Waals surface area contributed by atoms with Crippen LogP contribution in [0.5, 0.6) is 17.2 Å². The molecule has 266 valence electrons. The fourth-order valence-electron chi connectivity index (χ4n) is 6.51. The first-order chi connectivity index (χ1) is 23.6. The summed E-state index contributed by atoms with van der Waals surface area (Å²) in [5.74, 6) is 1.93. The number of halogens is 1. The predicted octanol–water partition coefficient (Wildman–Crippen LogP) is 5.25. The van der Waals surface area contributed by atoms with Gasteiger partial charge in [-0.25, -0.2) is 0 Å². The maximum Gasteiger partial charge on any atom is 0.293 e. The summed E-state index contributed by atoms with van der Waals surface area (Å²) in [7, 11) is 1.67. The third-order valence-corrected chi connectivity index (χ3v) is 9.09. The molecule has 3 heterocycles. The van der Waals surface area contributed by atoms with E-state index in [0.29, 0.717) is 79.5 Å². The van der Waals surface area contributed by atoms with E-state index in [1.54, 1.807) is 18.1 Å². The van der Waals surface area contributed by atoms with Gasteiger partial charge in [-0.15, -0.1) is 17.0 Å². The van der Waals surface area contributed by atoms with Crippen LogP contribution in [-0.2, 0) is 62.2 Å². The van der Waals surface area contributed by atoms with Crippen molar-refractivity contribution < 1.29 is 42.8 Å². The minimum atomic E-state index is -0.273. The molecule has 3 aromatic rings. The van der Waals surface area contributed by atoms with Crippen molar-refractivity contribution in [2.45, 2.75) is 59.2 Å². The molecule has 0 atom stereocenters. The van der Waals surface area contributed by atoms with Crippen LogP contribution in [0.2, 0.25) is 0 Å². The second-order valence-corrected chi connectivity index (χ2v) is 13.3. The fourth-order valence-corrected chi connectivity index (χ4v) is 6.51. The van der Waals surface area contributed by atoms with E-state index in [0.717, 1.165) is 33.7 Å². The van der Waals surface area contributed by atoms with Crippen molar-refractivity contribution in [1.29, 1.82) is 5.41 Å². The zero-order chi connectivity index (χ0) is 34.7. The van der Waals surface area contributed by atoms with Crippen LogP contribution in [0.15, 0.2) is 36.4 Å². The molecule has 0 saturated carbocycles. The molecular formula is C37H42BrN3O9. The fraction of sp³-hybridized carbons (Fsp3) is 0.405. The summed E-state index contributed by atoms with van der Waals surface area (Å²) in [5.41, 5.74) is 6.73. The summed E-state index contributed by atoms with van der Waals surface area (Å²) in [6.45, 7) is 10.6. The second-order valence-electron chi connectivity index (χ2n) is 13.3. The average Bonchev–Trinajstić information content (AvgIpc) is 3.39. The number of carbonyl (C=O) groups is 3. The smallest absolute Gasteiger partial charge is 0.293 e. The van der Waals surface area contributed by atoms with E-state index in [1.807, 2.05) is 30.3 Å². The Kier molecular flexibility index (Phi) is 11.4. The number of ketones is 1. The molecule has 3 aromatic carbocycles. The van der Waals surface area contributed by atoms with E-state index >= 15 is 0 Å². The molecule has 0 bridgehead atoms. The van der Waals surface area contributed by atoms with E-state index in [2.05, 4.69) is 25.7 Å².